The number of pyridine rings is 1. The van der Waals surface area contributed by atoms with Gasteiger partial charge in [-0.25, -0.2) is 9.37 Å². The SMILES string of the molecule is COc1c(N2CCN(C)CC2)ccc(F)c1-c1c[nH]c2ncc(-c3ccsc3)cc12. The Morgan fingerprint density at radius 3 is 2.70 bits per heavy atom. The first-order chi connectivity index (χ1) is 14.7. The summed E-state index contributed by atoms with van der Waals surface area (Å²) in [5.41, 5.74) is 5.03. The third-order valence-electron chi connectivity index (χ3n) is 5.79. The molecule has 4 aromatic rings. The van der Waals surface area contributed by atoms with Crippen molar-refractivity contribution in [3.05, 3.63) is 53.2 Å². The number of methoxy groups -OCH3 is 1. The zero-order chi connectivity index (χ0) is 20.7. The molecule has 1 aromatic carbocycles. The molecule has 1 saturated heterocycles. The Morgan fingerprint density at radius 1 is 1.13 bits per heavy atom. The number of hydrogen-bond acceptors (Lipinski definition) is 5. The van der Waals surface area contributed by atoms with Crippen LogP contribution in [0.1, 0.15) is 0 Å². The van der Waals surface area contributed by atoms with E-state index in [-0.39, 0.29) is 5.82 Å². The summed E-state index contributed by atoms with van der Waals surface area (Å²) in [5.74, 6) is 0.271. The van der Waals surface area contributed by atoms with E-state index in [2.05, 4.69) is 44.3 Å². The number of thiophene rings is 1. The Morgan fingerprint density at radius 2 is 1.97 bits per heavy atom. The van der Waals surface area contributed by atoms with Gasteiger partial charge in [0.15, 0.2) is 5.75 Å². The molecule has 0 unspecified atom stereocenters. The molecule has 0 atom stereocenters. The molecule has 1 aliphatic heterocycles. The first kappa shape index (κ1) is 19.1. The standard InChI is InChI=1S/C23H23FN4OS/c1-27-6-8-28(9-7-27)20-4-3-19(24)21(22(20)29-2)18-13-26-23-17(18)11-16(12-25-23)15-5-10-30-14-15/h3-5,10-14H,6-9H2,1-2H3,(H,25,26). The molecule has 3 aromatic heterocycles. The smallest absolute Gasteiger partial charge is 0.153 e. The molecule has 1 aliphatic rings. The summed E-state index contributed by atoms with van der Waals surface area (Å²) in [6, 6.07) is 7.50. The molecule has 1 N–H and O–H groups in total. The molecule has 0 spiro atoms. The molecule has 0 aliphatic carbocycles. The van der Waals surface area contributed by atoms with Crippen LogP contribution in [0.25, 0.3) is 33.3 Å². The number of benzene rings is 1. The maximum atomic E-state index is 15.2. The summed E-state index contributed by atoms with van der Waals surface area (Å²) in [6.07, 6.45) is 3.67. The van der Waals surface area contributed by atoms with Gasteiger partial charge < -0.3 is 19.5 Å². The van der Waals surface area contributed by atoms with E-state index in [1.807, 2.05) is 23.8 Å². The number of nitrogens with one attached hydrogen (secondary N) is 1. The third-order valence-corrected chi connectivity index (χ3v) is 6.47. The predicted molar refractivity (Wildman–Crippen MR) is 121 cm³/mol. The molecule has 4 heterocycles. The number of aromatic amines is 1. The van der Waals surface area contributed by atoms with Crippen LogP contribution < -0.4 is 9.64 Å². The summed E-state index contributed by atoms with van der Waals surface area (Å²) in [7, 11) is 3.73. The highest BCUT2D eigenvalue weighted by Crippen LogP contribution is 2.43. The van der Waals surface area contributed by atoms with Crippen molar-refractivity contribution in [2.45, 2.75) is 0 Å². The van der Waals surface area contributed by atoms with Crippen molar-refractivity contribution in [3.8, 4) is 28.0 Å². The molecular weight excluding hydrogens is 399 g/mol. The monoisotopic (exact) mass is 422 g/mol. The van der Waals surface area contributed by atoms with Crippen LogP contribution in [0.5, 0.6) is 5.75 Å². The molecule has 1 fully saturated rings. The van der Waals surface area contributed by atoms with E-state index in [9.17, 15) is 0 Å². The molecule has 0 radical (unpaired) electrons. The molecule has 5 nitrogen and oxygen atoms in total. The van der Waals surface area contributed by atoms with E-state index in [1.54, 1.807) is 24.5 Å². The van der Waals surface area contributed by atoms with Gasteiger partial charge in [-0.15, -0.1) is 0 Å². The number of ether oxygens (including phenoxy) is 1. The number of nitrogens with zero attached hydrogens (tertiary/aromatic N) is 3. The van der Waals surface area contributed by atoms with E-state index >= 15 is 4.39 Å². The topological polar surface area (TPSA) is 44.4 Å². The van der Waals surface area contributed by atoms with Gasteiger partial charge in [0.1, 0.15) is 11.5 Å². The van der Waals surface area contributed by atoms with Crippen LogP contribution in [-0.2, 0) is 0 Å². The van der Waals surface area contributed by atoms with E-state index in [4.69, 9.17) is 4.74 Å². The second-order valence-corrected chi connectivity index (χ2v) is 8.38. The lowest BCUT2D eigenvalue weighted by molar-refractivity contribution is 0.311. The van der Waals surface area contributed by atoms with Gasteiger partial charge in [-0.3, -0.25) is 0 Å². The van der Waals surface area contributed by atoms with Crippen molar-refractivity contribution in [2.75, 3.05) is 45.2 Å². The second-order valence-electron chi connectivity index (χ2n) is 7.60. The number of anilines is 1. The highest BCUT2D eigenvalue weighted by molar-refractivity contribution is 7.08. The summed E-state index contributed by atoms with van der Waals surface area (Å²) >= 11 is 1.64. The molecule has 7 heteroatoms. The van der Waals surface area contributed by atoms with Gasteiger partial charge in [0.05, 0.1) is 18.4 Å². The van der Waals surface area contributed by atoms with Crippen molar-refractivity contribution in [1.29, 1.82) is 0 Å². The van der Waals surface area contributed by atoms with Gasteiger partial charge in [-0.2, -0.15) is 11.3 Å². The Hall–Kier alpha value is -2.90. The van der Waals surface area contributed by atoms with Crippen LogP contribution in [0.3, 0.4) is 0 Å². The van der Waals surface area contributed by atoms with Gasteiger partial charge in [-0.1, -0.05) is 0 Å². The average Bonchev–Trinajstić information content (AvgIpc) is 3.44. The van der Waals surface area contributed by atoms with Crippen molar-refractivity contribution < 1.29 is 9.13 Å². The fourth-order valence-corrected chi connectivity index (χ4v) is 4.76. The van der Waals surface area contributed by atoms with E-state index in [0.717, 1.165) is 59.6 Å². The molecule has 0 bridgehead atoms. The van der Waals surface area contributed by atoms with Gasteiger partial charge in [0.2, 0.25) is 0 Å². The molecule has 0 saturated carbocycles. The van der Waals surface area contributed by atoms with Crippen LogP contribution >= 0.6 is 11.3 Å². The maximum Gasteiger partial charge on any atom is 0.153 e. The zero-order valence-corrected chi connectivity index (χ0v) is 17.8. The molecule has 154 valence electrons. The van der Waals surface area contributed by atoms with Crippen molar-refractivity contribution in [1.82, 2.24) is 14.9 Å². The van der Waals surface area contributed by atoms with E-state index in [1.165, 1.54) is 0 Å². The van der Waals surface area contributed by atoms with Gasteiger partial charge in [-0.05, 0) is 47.6 Å². The Labute approximate surface area is 178 Å². The summed E-state index contributed by atoms with van der Waals surface area (Å²) in [4.78, 5) is 12.3. The molecule has 5 rings (SSSR count). The molecule has 0 amide bonds. The fraction of sp³-hybridized carbons (Fsp3) is 0.261. The Bertz CT molecular complexity index is 1180. The first-order valence-corrected chi connectivity index (χ1v) is 10.9. The number of fused-ring (bicyclic) bond motifs is 1. The number of H-pyrrole nitrogens is 1. The lowest BCUT2D eigenvalue weighted by Crippen LogP contribution is -2.44. The first-order valence-electron chi connectivity index (χ1n) is 9.96. The largest absolute Gasteiger partial charge is 0.494 e. The lowest BCUT2D eigenvalue weighted by atomic mass is 10.0. The van der Waals surface area contributed by atoms with Crippen molar-refractivity contribution in [2.24, 2.45) is 0 Å². The zero-order valence-electron chi connectivity index (χ0n) is 17.0. The van der Waals surface area contributed by atoms with Gasteiger partial charge in [0, 0.05) is 55.1 Å². The maximum absolute atomic E-state index is 15.2. The second kappa shape index (κ2) is 7.74. The van der Waals surface area contributed by atoms with E-state index < -0.39 is 0 Å². The predicted octanol–water partition coefficient (Wildman–Crippen LogP) is 4.86. The minimum Gasteiger partial charge on any atom is -0.494 e. The number of rotatable bonds is 4. The van der Waals surface area contributed by atoms with Crippen molar-refractivity contribution in [3.63, 3.8) is 0 Å². The average molecular weight is 423 g/mol. The summed E-state index contributed by atoms with van der Waals surface area (Å²) < 4.78 is 21.0. The highest BCUT2D eigenvalue weighted by Gasteiger charge is 2.24. The van der Waals surface area contributed by atoms with Crippen molar-refractivity contribution >= 4 is 28.1 Å². The quantitative estimate of drug-likeness (QED) is 0.510. The van der Waals surface area contributed by atoms with E-state index in [0.29, 0.717) is 11.3 Å². The normalized spacial score (nSPS) is 15.1. The Balaban J connectivity index is 1.65. The molecular formula is C23H23FN4OS. The minimum absolute atomic E-state index is 0.299. The van der Waals surface area contributed by atoms with Crippen LogP contribution in [0.4, 0.5) is 10.1 Å². The summed E-state index contributed by atoms with van der Waals surface area (Å²) in [5, 5.41) is 5.01. The van der Waals surface area contributed by atoms with Gasteiger partial charge in [0.25, 0.3) is 0 Å². The Kier molecular flexibility index (Phi) is 4.92. The highest BCUT2D eigenvalue weighted by atomic mass is 32.1. The van der Waals surface area contributed by atoms with Crippen LogP contribution in [0, 0.1) is 5.82 Å². The number of halogens is 1. The van der Waals surface area contributed by atoms with Gasteiger partial charge >= 0.3 is 0 Å². The number of hydrogen-bond donors (Lipinski definition) is 1. The lowest BCUT2D eigenvalue weighted by Gasteiger charge is -2.35. The van der Waals surface area contributed by atoms with Crippen LogP contribution in [-0.4, -0.2) is 55.2 Å². The van der Waals surface area contributed by atoms with Crippen LogP contribution in [0.2, 0.25) is 0 Å². The summed E-state index contributed by atoms with van der Waals surface area (Å²) in [6.45, 7) is 3.71. The number of likely N-dealkylation sites (N-methyl/N-ethyl adjacent to an activating group) is 1. The minimum atomic E-state index is -0.299. The number of aromatic nitrogens is 2. The molecule has 30 heavy (non-hydrogen) atoms. The number of piperazine rings is 1. The third kappa shape index (κ3) is 3.24. The fourth-order valence-electron chi connectivity index (χ4n) is 4.10. The van der Waals surface area contributed by atoms with Crippen LogP contribution in [0.15, 0.2) is 47.4 Å².